The maximum Gasteiger partial charge on any atom is 0.219 e. The molecule has 0 aliphatic carbocycles. The van der Waals surface area contributed by atoms with Crippen LogP contribution in [0, 0.1) is 0 Å². The average molecular weight is 222 g/mol. The minimum Gasteiger partial charge on any atom is -0.530 e. The summed E-state index contributed by atoms with van der Waals surface area (Å²) in [6, 6.07) is 5.18. The number of carbonyl (C=O) groups is 2. The Bertz CT molecular complexity index is 367. The number of hydrogen-bond donors (Lipinski definition) is 1. The predicted molar refractivity (Wildman–Crippen MR) is 53.9 cm³/mol. The molecule has 0 aliphatic heterocycles. The molecule has 0 aliphatic rings. The number of nitrogens with two attached hydrogens (primary N) is 1. The van der Waals surface area contributed by atoms with E-state index in [4.69, 9.17) is 5.73 Å². The molecule has 0 spiro atoms. The molecule has 1 aromatic rings. The van der Waals surface area contributed by atoms with E-state index in [0.29, 0.717) is 5.69 Å². The average Bonchev–Trinajstić information content (AvgIpc) is 2.25. The van der Waals surface area contributed by atoms with Gasteiger partial charge >= 0.3 is 0 Å². The highest BCUT2D eigenvalue weighted by atomic mass is 16.4. The Morgan fingerprint density at radius 3 is 2.69 bits per heavy atom. The van der Waals surface area contributed by atoms with Gasteiger partial charge in [0.2, 0.25) is 5.91 Å². The van der Waals surface area contributed by atoms with Crippen molar-refractivity contribution in [3.63, 3.8) is 0 Å². The van der Waals surface area contributed by atoms with E-state index in [1.54, 1.807) is 24.4 Å². The highest BCUT2D eigenvalue weighted by Crippen LogP contribution is 2.01. The number of rotatable bonds is 5. The lowest BCUT2D eigenvalue weighted by molar-refractivity contribution is -0.266. The van der Waals surface area contributed by atoms with Gasteiger partial charge in [0.25, 0.3) is 0 Å². The molecular weight excluding hydrogens is 210 g/mol. The number of carboxylic acid groups (broad SMARTS) is 1. The number of aromatic nitrogens is 1. The van der Waals surface area contributed by atoms with Gasteiger partial charge in [0.15, 0.2) is 0 Å². The zero-order valence-corrected chi connectivity index (χ0v) is 8.63. The molecular formula is C10H12N3O3-. The van der Waals surface area contributed by atoms with Crippen molar-refractivity contribution in [2.24, 2.45) is 5.73 Å². The topological polar surface area (TPSA) is 99.4 Å². The molecule has 0 unspecified atom stereocenters. The van der Waals surface area contributed by atoms with E-state index in [1.165, 1.54) is 0 Å². The third-order valence-electron chi connectivity index (χ3n) is 1.97. The van der Waals surface area contributed by atoms with Crippen LogP contribution in [-0.4, -0.2) is 28.4 Å². The second-order valence-corrected chi connectivity index (χ2v) is 3.22. The summed E-state index contributed by atoms with van der Waals surface area (Å²) in [4.78, 5) is 26.3. The van der Waals surface area contributed by atoms with Gasteiger partial charge in [-0.05, 0) is 12.1 Å². The van der Waals surface area contributed by atoms with Crippen LogP contribution in [0.4, 0.5) is 4.79 Å². The van der Waals surface area contributed by atoms with Crippen molar-refractivity contribution < 1.29 is 14.7 Å². The summed E-state index contributed by atoms with van der Waals surface area (Å²) in [5.41, 5.74) is 5.53. The Morgan fingerprint density at radius 2 is 2.19 bits per heavy atom. The fourth-order valence-electron chi connectivity index (χ4n) is 1.17. The Balaban J connectivity index is 2.58. The molecule has 1 aromatic heterocycles. The van der Waals surface area contributed by atoms with Crippen LogP contribution in [0.5, 0.6) is 0 Å². The molecule has 0 saturated carbocycles. The third-order valence-corrected chi connectivity index (χ3v) is 1.97. The molecule has 0 bridgehead atoms. The lowest BCUT2D eigenvalue weighted by Crippen LogP contribution is -2.42. The van der Waals surface area contributed by atoms with E-state index in [9.17, 15) is 14.7 Å². The van der Waals surface area contributed by atoms with Gasteiger partial charge < -0.3 is 20.5 Å². The number of pyridine rings is 1. The summed E-state index contributed by atoms with van der Waals surface area (Å²) in [5.74, 6) is -0.549. The first-order valence-corrected chi connectivity index (χ1v) is 4.73. The van der Waals surface area contributed by atoms with E-state index in [1.807, 2.05) is 0 Å². The number of amides is 2. The zero-order chi connectivity index (χ0) is 12.0. The summed E-state index contributed by atoms with van der Waals surface area (Å²) in [7, 11) is 0. The van der Waals surface area contributed by atoms with Crippen LogP contribution in [0.25, 0.3) is 0 Å². The van der Waals surface area contributed by atoms with Crippen LogP contribution in [0.3, 0.4) is 0 Å². The lowest BCUT2D eigenvalue weighted by atomic mass is 10.3. The summed E-state index contributed by atoms with van der Waals surface area (Å²) < 4.78 is 0. The summed E-state index contributed by atoms with van der Waals surface area (Å²) in [6.07, 6.45) is 0.199. The van der Waals surface area contributed by atoms with Gasteiger partial charge in [-0.25, -0.2) is 0 Å². The van der Waals surface area contributed by atoms with Gasteiger partial charge in [0.1, 0.15) is 6.09 Å². The first-order chi connectivity index (χ1) is 7.59. The molecule has 1 rings (SSSR count). The largest absolute Gasteiger partial charge is 0.530 e. The fourth-order valence-corrected chi connectivity index (χ4v) is 1.17. The van der Waals surface area contributed by atoms with Gasteiger partial charge in [-0.2, -0.15) is 0 Å². The van der Waals surface area contributed by atoms with Crippen LogP contribution >= 0.6 is 0 Å². The van der Waals surface area contributed by atoms with E-state index in [-0.39, 0.29) is 19.5 Å². The molecule has 86 valence electrons. The number of nitrogens with zero attached hydrogens (tertiary/aromatic N) is 2. The van der Waals surface area contributed by atoms with Crippen LogP contribution in [0.15, 0.2) is 24.4 Å². The summed E-state index contributed by atoms with van der Waals surface area (Å²) >= 11 is 0. The van der Waals surface area contributed by atoms with E-state index < -0.39 is 12.0 Å². The van der Waals surface area contributed by atoms with Gasteiger partial charge in [-0.3, -0.25) is 9.78 Å². The second-order valence-electron chi connectivity index (χ2n) is 3.22. The molecule has 6 heteroatoms. The van der Waals surface area contributed by atoms with Gasteiger partial charge in [0.05, 0.1) is 12.2 Å². The van der Waals surface area contributed by atoms with Crippen LogP contribution in [-0.2, 0) is 11.3 Å². The Morgan fingerprint density at radius 1 is 1.44 bits per heavy atom. The monoisotopic (exact) mass is 222 g/mol. The molecule has 2 amide bonds. The van der Waals surface area contributed by atoms with E-state index in [2.05, 4.69) is 4.98 Å². The number of primary amides is 1. The zero-order valence-electron chi connectivity index (χ0n) is 8.63. The van der Waals surface area contributed by atoms with Gasteiger partial charge in [-0.15, -0.1) is 0 Å². The van der Waals surface area contributed by atoms with Crippen LogP contribution in [0.2, 0.25) is 0 Å². The molecule has 16 heavy (non-hydrogen) atoms. The maximum atomic E-state index is 10.8. The van der Waals surface area contributed by atoms with Crippen molar-refractivity contribution in [3.8, 4) is 0 Å². The van der Waals surface area contributed by atoms with Crippen molar-refractivity contribution in [1.29, 1.82) is 0 Å². The smallest absolute Gasteiger partial charge is 0.219 e. The highest BCUT2D eigenvalue weighted by Gasteiger charge is 2.07. The van der Waals surface area contributed by atoms with Crippen molar-refractivity contribution in [2.75, 3.05) is 6.54 Å². The fraction of sp³-hybridized carbons (Fsp3) is 0.300. The Hall–Kier alpha value is -2.11. The second kappa shape index (κ2) is 5.69. The quantitative estimate of drug-likeness (QED) is 0.697. The summed E-state index contributed by atoms with van der Waals surface area (Å²) in [5, 5.41) is 10.8. The van der Waals surface area contributed by atoms with Crippen LogP contribution in [0.1, 0.15) is 12.1 Å². The maximum absolute atomic E-state index is 10.8. The van der Waals surface area contributed by atoms with Crippen molar-refractivity contribution in [1.82, 2.24) is 9.88 Å². The van der Waals surface area contributed by atoms with E-state index in [0.717, 1.165) is 4.90 Å². The first kappa shape index (κ1) is 12.0. The molecule has 6 nitrogen and oxygen atoms in total. The molecule has 0 saturated heterocycles. The molecule has 2 N–H and O–H groups in total. The lowest BCUT2D eigenvalue weighted by Gasteiger charge is -2.23. The summed E-state index contributed by atoms with van der Waals surface area (Å²) in [6.45, 7) is 0.116. The van der Waals surface area contributed by atoms with Crippen molar-refractivity contribution in [3.05, 3.63) is 30.1 Å². The first-order valence-electron chi connectivity index (χ1n) is 4.73. The Labute approximate surface area is 92.7 Å². The Kier molecular flexibility index (Phi) is 4.26. The SMILES string of the molecule is NC(=O)CCN(Cc1ccccn1)C(=O)[O-]. The van der Waals surface area contributed by atoms with Gasteiger partial charge in [-0.1, -0.05) is 6.07 Å². The van der Waals surface area contributed by atoms with Crippen molar-refractivity contribution >= 4 is 12.0 Å². The molecule has 0 aromatic carbocycles. The minimum atomic E-state index is -1.34. The van der Waals surface area contributed by atoms with Gasteiger partial charge in [0, 0.05) is 19.2 Å². The minimum absolute atomic E-state index is 0.0221. The van der Waals surface area contributed by atoms with Crippen LogP contribution < -0.4 is 10.8 Å². The standard InChI is InChI=1S/C10H13N3O3/c11-9(14)4-6-13(10(15)16)7-8-3-1-2-5-12-8/h1-3,5H,4,6-7H2,(H2,11,14)(H,15,16)/p-1. The van der Waals surface area contributed by atoms with Crippen molar-refractivity contribution in [2.45, 2.75) is 13.0 Å². The number of carbonyl (C=O) groups excluding carboxylic acids is 2. The highest BCUT2D eigenvalue weighted by molar-refractivity contribution is 5.74. The predicted octanol–water partition coefficient (Wildman–Crippen LogP) is -0.898. The third kappa shape index (κ3) is 3.95. The molecule has 1 heterocycles. The molecule has 0 radical (unpaired) electrons. The van der Waals surface area contributed by atoms with E-state index >= 15 is 0 Å². The normalized spacial score (nSPS) is 9.75. The number of hydrogen-bond acceptors (Lipinski definition) is 4. The molecule has 0 atom stereocenters. The molecule has 0 fully saturated rings.